The van der Waals surface area contributed by atoms with Crippen molar-refractivity contribution in [3.63, 3.8) is 0 Å². The van der Waals surface area contributed by atoms with Gasteiger partial charge in [-0.05, 0) is 25.0 Å². The Hall–Kier alpha value is -0.740. The summed E-state index contributed by atoms with van der Waals surface area (Å²) >= 11 is 1.78. The maximum atomic E-state index is 10.5. The molecule has 15 heavy (non-hydrogen) atoms. The van der Waals surface area contributed by atoms with Crippen LogP contribution in [0.4, 0.5) is 5.82 Å². The van der Waals surface area contributed by atoms with Crippen molar-refractivity contribution in [2.24, 2.45) is 0 Å². The Morgan fingerprint density at radius 2 is 2.40 bits per heavy atom. The van der Waals surface area contributed by atoms with Crippen LogP contribution in [0.5, 0.6) is 0 Å². The van der Waals surface area contributed by atoms with E-state index in [9.17, 15) is 5.11 Å². The van der Waals surface area contributed by atoms with Gasteiger partial charge >= 0.3 is 0 Å². The van der Waals surface area contributed by atoms with Gasteiger partial charge in [-0.25, -0.2) is 4.98 Å². The first kappa shape index (κ1) is 10.8. The largest absolute Gasteiger partial charge is 0.384 e. The van der Waals surface area contributed by atoms with E-state index in [1.54, 1.807) is 18.0 Å². The minimum Gasteiger partial charge on any atom is -0.384 e. The highest BCUT2D eigenvalue weighted by Crippen LogP contribution is 2.42. The average molecular weight is 224 g/mol. The lowest BCUT2D eigenvalue weighted by molar-refractivity contribution is 0.0616. The van der Waals surface area contributed by atoms with E-state index in [1.165, 1.54) is 0 Å². The number of hydrogen-bond acceptors (Lipinski definition) is 4. The number of aromatic nitrogens is 1. The summed E-state index contributed by atoms with van der Waals surface area (Å²) in [5.41, 5.74) is 6.87. The topological polar surface area (TPSA) is 59.1 Å². The molecule has 3 N–H and O–H groups in total. The smallest absolute Gasteiger partial charge is 0.129 e. The molecule has 3 nitrogen and oxygen atoms in total. The monoisotopic (exact) mass is 224 g/mol. The van der Waals surface area contributed by atoms with Gasteiger partial charge in [-0.15, -0.1) is 0 Å². The van der Waals surface area contributed by atoms with Crippen LogP contribution in [0.3, 0.4) is 0 Å². The van der Waals surface area contributed by atoms with Gasteiger partial charge in [0.05, 0.1) is 0 Å². The minimum absolute atomic E-state index is 0.456. The Bertz CT molecular complexity index is 383. The number of anilines is 1. The summed E-state index contributed by atoms with van der Waals surface area (Å²) in [5, 5.41) is 11.0. The first-order chi connectivity index (χ1) is 7.01. The number of nitrogens with zero attached hydrogens (tertiary/aromatic N) is 1. The predicted molar refractivity (Wildman–Crippen MR) is 63.8 cm³/mol. The van der Waals surface area contributed by atoms with Crippen molar-refractivity contribution < 1.29 is 5.11 Å². The van der Waals surface area contributed by atoms with Gasteiger partial charge in [-0.3, -0.25) is 0 Å². The Labute approximate surface area is 94.1 Å². The zero-order valence-corrected chi connectivity index (χ0v) is 9.84. The molecular formula is C11H16N2OS. The van der Waals surface area contributed by atoms with Gasteiger partial charge in [-0.2, -0.15) is 11.8 Å². The molecule has 0 bridgehead atoms. The van der Waals surface area contributed by atoms with Crippen LogP contribution < -0.4 is 5.73 Å². The molecule has 1 aromatic heterocycles. The maximum absolute atomic E-state index is 10.5. The molecule has 2 heterocycles. The number of hydrogen-bond donors (Lipinski definition) is 2. The van der Waals surface area contributed by atoms with Crippen molar-refractivity contribution in [1.29, 1.82) is 0 Å². The Kier molecular flexibility index (Phi) is 2.64. The number of thioether (sulfide) groups is 1. The lowest BCUT2D eigenvalue weighted by Crippen LogP contribution is -2.27. The number of aliphatic hydroxyl groups is 1. The molecular weight excluding hydrogens is 208 g/mol. The molecule has 0 radical (unpaired) electrons. The van der Waals surface area contributed by atoms with Crippen LogP contribution in [-0.4, -0.2) is 21.1 Å². The highest BCUT2D eigenvalue weighted by Gasteiger charge is 2.39. The fraction of sp³-hybridized carbons (Fsp3) is 0.545. The summed E-state index contributed by atoms with van der Waals surface area (Å²) in [6.45, 7) is 4.09. The molecule has 0 amide bonds. The zero-order valence-electron chi connectivity index (χ0n) is 9.03. The fourth-order valence-electron chi connectivity index (χ4n) is 2.01. The standard InChI is InChI=1S/C11H16N2OS/c1-7-3-9(10(12)13-5-7)11(14)4-8(2)15-6-11/h3,5,8,14H,4,6H2,1-2H3,(H2,12,13). The molecule has 82 valence electrons. The van der Waals surface area contributed by atoms with Crippen LogP contribution >= 0.6 is 11.8 Å². The number of aryl methyl sites for hydroxylation is 1. The Morgan fingerprint density at radius 1 is 1.67 bits per heavy atom. The van der Waals surface area contributed by atoms with Gasteiger partial charge < -0.3 is 10.8 Å². The average Bonchev–Trinajstić information content (AvgIpc) is 2.52. The van der Waals surface area contributed by atoms with E-state index in [2.05, 4.69) is 11.9 Å². The third-order valence-corrected chi connectivity index (χ3v) is 4.17. The molecule has 2 rings (SSSR count). The van der Waals surface area contributed by atoms with Crippen molar-refractivity contribution in [3.8, 4) is 0 Å². The molecule has 0 aliphatic carbocycles. The fourth-order valence-corrected chi connectivity index (χ4v) is 3.24. The van der Waals surface area contributed by atoms with Crippen molar-refractivity contribution in [3.05, 3.63) is 23.4 Å². The third-order valence-electron chi connectivity index (χ3n) is 2.79. The van der Waals surface area contributed by atoms with Crippen molar-refractivity contribution in [2.75, 3.05) is 11.5 Å². The van der Waals surface area contributed by atoms with E-state index >= 15 is 0 Å². The quantitative estimate of drug-likeness (QED) is 0.762. The maximum Gasteiger partial charge on any atom is 0.129 e. The highest BCUT2D eigenvalue weighted by molar-refractivity contribution is 8.00. The molecule has 1 saturated heterocycles. The van der Waals surface area contributed by atoms with Gasteiger partial charge in [0.15, 0.2) is 0 Å². The predicted octanol–water partition coefficient (Wildman–Crippen LogP) is 1.69. The molecule has 0 aromatic carbocycles. The number of nitrogen functional groups attached to an aromatic ring is 1. The molecule has 4 heteroatoms. The lowest BCUT2D eigenvalue weighted by Gasteiger charge is -2.23. The number of pyridine rings is 1. The lowest BCUT2D eigenvalue weighted by atomic mass is 9.91. The van der Waals surface area contributed by atoms with Gasteiger partial charge in [0.25, 0.3) is 0 Å². The Balaban J connectivity index is 2.40. The second-order valence-corrected chi connectivity index (χ2v) is 5.73. The van der Waals surface area contributed by atoms with Crippen molar-refractivity contribution in [1.82, 2.24) is 4.98 Å². The molecule has 2 unspecified atom stereocenters. The summed E-state index contributed by atoms with van der Waals surface area (Å²) < 4.78 is 0. The van der Waals surface area contributed by atoms with Gasteiger partial charge in [0.2, 0.25) is 0 Å². The summed E-state index contributed by atoms with van der Waals surface area (Å²) in [7, 11) is 0. The summed E-state index contributed by atoms with van der Waals surface area (Å²) in [6.07, 6.45) is 2.49. The van der Waals surface area contributed by atoms with Crippen LogP contribution in [0.25, 0.3) is 0 Å². The normalized spacial score (nSPS) is 30.7. The summed E-state index contributed by atoms with van der Waals surface area (Å²) in [6, 6.07) is 1.95. The van der Waals surface area contributed by atoms with E-state index < -0.39 is 5.60 Å². The van der Waals surface area contributed by atoms with E-state index in [-0.39, 0.29) is 0 Å². The summed E-state index contributed by atoms with van der Waals surface area (Å²) in [4.78, 5) is 4.10. The molecule has 0 spiro atoms. The molecule has 1 aliphatic heterocycles. The molecule has 0 saturated carbocycles. The molecule has 1 aliphatic rings. The van der Waals surface area contributed by atoms with Crippen molar-refractivity contribution >= 4 is 17.6 Å². The SMILES string of the molecule is Cc1cnc(N)c(C2(O)CSC(C)C2)c1. The number of nitrogens with two attached hydrogens (primary N) is 1. The van der Waals surface area contributed by atoms with Gasteiger partial charge in [-0.1, -0.05) is 6.92 Å². The van der Waals surface area contributed by atoms with E-state index in [0.717, 1.165) is 17.5 Å². The Morgan fingerprint density at radius 3 is 3.00 bits per heavy atom. The first-order valence-electron chi connectivity index (χ1n) is 5.08. The first-order valence-corrected chi connectivity index (χ1v) is 6.13. The van der Waals surface area contributed by atoms with Crippen LogP contribution in [0.15, 0.2) is 12.3 Å². The van der Waals surface area contributed by atoms with E-state index in [1.807, 2.05) is 13.0 Å². The van der Waals surface area contributed by atoms with Crippen LogP contribution in [0.1, 0.15) is 24.5 Å². The second-order valence-electron chi connectivity index (χ2n) is 4.30. The minimum atomic E-state index is -0.785. The second kappa shape index (κ2) is 3.68. The van der Waals surface area contributed by atoms with Crippen LogP contribution in [0, 0.1) is 6.92 Å². The van der Waals surface area contributed by atoms with Gasteiger partial charge in [0.1, 0.15) is 11.4 Å². The number of rotatable bonds is 1. The molecule has 1 aromatic rings. The van der Waals surface area contributed by atoms with Crippen LogP contribution in [-0.2, 0) is 5.60 Å². The zero-order chi connectivity index (χ0) is 11.1. The molecule has 2 atom stereocenters. The van der Waals surface area contributed by atoms with Gasteiger partial charge in [0, 0.05) is 22.8 Å². The molecule has 1 fully saturated rings. The highest BCUT2D eigenvalue weighted by atomic mass is 32.2. The third kappa shape index (κ3) is 1.96. The van der Waals surface area contributed by atoms with E-state index in [0.29, 0.717) is 16.8 Å². The van der Waals surface area contributed by atoms with Crippen LogP contribution in [0.2, 0.25) is 0 Å². The summed E-state index contributed by atoms with van der Waals surface area (Å²) in [5.74, 6) is 1.17. The van der Waals surface area contributed by atoms with Crippen molar-refractivity contribution in [2.45, 2.75) is 31.1 Å². The van der Waals surface area contributed by atoms with E-state index in [4.69, 9.17) is 5.73 Å².